The summed E-state index contributed by atoms with van der Waals surface area (Å²) in [5.74, 6) is 0.940. The molecule has 0 aliphatic heterocycles. The summed E-state index contributed by atoms with van der Waals surface area (Å²) < 4.78 is 0. The average Bonchev–Trinajstić information content (AvgIpc) is 3.13. The van der Waals surface area contributed by atoms with Gasteiger partial charge in [-0.2, -0.15) is 0 Å². The highest BCUT2D eigenvalue weighted by Crippen LogP contribution is 2.30. The lowest BCUT2D eigenvalue weighted by Gasteiger charge is -2.21. The molecule has 2 rings (SSSR count). The van der Waals surface area contributed by atoms with Crippen LogP contribution in [-0.4, -0.2) is 23.0 Å². The van der Waals surface area contributed by atoms with Gasteiger partial charge in [-0.15, -0.1) is 0 Å². The van der Waals surface area contributed by atoms with E-state index in [0.717, 1.165) is 18.0 Å². The van der Waals surface area contributed by atoms with E-state index in [4.69, 9.17) is 18.0 Å². The standard InChI is InChI=1S/C15H22N2S/c1-2-8-17(10-12-6-7-12)11-13-4-3-5-14(9-13)15(16)18/h3-5,9,12H,2,6-8,10-11H2,1H3,(H2,16,18). The molecule has 0 radical (unpaired) electrons. The van der Waals surface area contributed by atoms with Crippen molar-refractivity contribution in [3.63, 3.8) is 0 Å². The number of thiocarbonyl (C=S) groups is 1. The van der Waals surface area contributed by atoms with Crippen LogP contribution < -0.4 is 5.73 Å². The van der Waals surface area contributed by atoms with Crippen molar-refractivity contribution in [1.29, 1.82) is 0 Å². The van der Waals surface area contributed by atoms with Crippen LogP contribution in [0.15, 0.2) is 24.3 Å². The number of hydrogen-bond acceptors (Lipinski definition) is 2. The van der Waals surface area contributed by atoms with Crippen molar-refractivity contribution in [3.05, 3.63) is 35.4 Å². The normalized spacial score (nSPS) is 15.0. The van der Waals surface area contributed by atoms with Gasteiger partial charge in [-0.1, -0.05) is 37.3 Å². The average molecular weight is 262 g/mol. The van der Waals surface area contributed by atoms with Crippen LogP contribution >= 0.6 is 12.2 Å². The van der Waals surface area contributed by atoms with E-state index >= 15 is 0 Å². The Bertz CT molecular complexity index is 413. The second-order valence-corrected chi connectivity index (χ2v) is 5.68. The molecule has 98 valence electrons. The molecule has 2 N–H and O–H groups in total. The van der Waals surface area contributed by atoms with Gasteiger partial charge in [-0.05, 0) is 43.4 Å². The van der Waals surface area contributed by atoms with Gasteiger partial charge in [0.05, 0.1) is 0 Å². The van der Waals surface area contributed by atoms with Crippen molar-refractivity contribution in [2.45, 2.75) is 32.7 Å². The van der Waals surface area contributed by atoms with E-state index < -0.39 is 0 Å². The molecule has 1 saturated carbocycles. The largest absolute Gasteiger partial charge is 0.389 e. The van der Waals surface area contributed by atoms with Gasteiger partial charge in [0, 0.05) is 18.7 Å². The zero-order valence-electron chi connectivity index (χ0n) is 11.1. The Morgan fingerprint density at radius 1 is 1.44 bits per heavy atom. The summed E-state index contributed by atoms with van der Waals surface area (Å²) in [6, 6.07) is 8.32. The molecule has 1 aliphatic carbocycles. The highest BCUT2D eigenvalue weighted by atomic mass is 32.1. The van der Waals surface area contributed by atoms with E-state index in [2.05, 4.69) is 24.0 Å². The van der Waals surface area contributed by atoms with Crippen molar-refractivity contribution in [1.82, 2.24) is 4.90 Å². The summed E-state index contributed by atoms with van der Waals surface area (Å²) in [5, 5.41) is 0. The summed E-state index contributed by atoms with van der Waals surface area (Å²) >= 11 is 5.03. The van der Waals surface area contributed by atoms with Gasteiger partial charge < -0.3 is 5.73 Å². The lowest BCUT2D eigenvalue weighted by Crippen LogP contribution is -2.26. The number of benzene rings is 1. The number of rotatable bonds is 7. The van der Waals surface area contributed by atoms with E-state index in [9.17, 15) is 0 Å². The Morgan fingerprint density at radius 3 is 2.83 bits per heavy atom. The first-order valence-electron chi connectivity index (χ1n) is 6.80. The fraction of sp³-hybridized carbons (Fsp3) is 0.533. The molecule has 18 heavy (non-hydrogen) atoms. The minimum atomic E-state index is 0.487. The van der Waals surface area contributed by atoms with Gasteiger partial charge in [-0.3, -0.25) is 4.90 Å². The molecule has 1 aromatic rings. The van der Waals surface area contributed by atoms with Crippen molar-refractivity contribution in [2.75, 3.05) is 13.1 Å². The summed E-state index contributed by atoms with van der Waals surface area (Å²) in [7, 11) is 0. The molecule has 0 amide bonds. The van der Waals surface area contributed by atoms with Gasteiger partial charge in [0.25, 0.3) is 0 Å². The zero-order chi connectivity index (χ0) is 13.0. The molecular weight excluding hydrogens is 240 g/mol. The van der Waals surface area contributed by atoms with Crippen LogP contribution in [-0.2, 0) is 6.54 Å². The lowest BCUT2D eigenvalue weighted by atomic mass is 10.1. The summed E-state index contributed by atoms with van der Waals surface area (Å²) in [6.45, 7) is 5.67. The van der Waals surface area contributed by atoms with Crippen LogP contribution in [0.25, 0.3) is 0 Å². The number of hydrogen-bond donors (Lipinski definition) is 1. The van der Waals surface area contributed by atoms with Crippen molar-refractivity contribution >= 4 is 17.2 Å². The molecule has 0 saturated heterocycles. The maximum Gasteiger partial charge on any atom is 0.103 e. The van der Waals surface area contributed by atoms with Gasteiger partial charge in [0.15, 0.2) is 0 Å². The molecule has 0 bridgehead atoms. The monoisotopic (exact) mass is 262 g/mol. The highest BCUT2D eigenvalue weighted by molar-refractivity contribution is 7.80. The maximum atomic E-state index is 5.68. The Labute approximate surface area is 115 Å². The Balaban J connectivity index is 2.00. The molecule has 2 nitrogen and oxygen atoms in total. The molecule has 0 atom stereocenters. The highest BCUT2D eigenvalue weighted by Gasteiger charge is 2.23. The Kier molecular flexibility index (Phi) is 4.72. The first-order valence-corrected chi connectivity index (χ1v) is 7.21. The van der Waals surface area contributed by atoms with E-state index in [1.54, 1.807) is 0 Å². The molecular formula is C15H22N2S. The third kappa shape index (κ3) is 4.07. The lowest BCUT2D eigenvalue weighted by molar-refractivity contribution is 0.255. The SMILES string of the molecule is CCCN(Cc1cccc(C(N)=S)c1)CC1CC1. The first kappa shape index (κ1) is 13.5. The van der Waals surface area contributed by atoms with E-state index in [1.165, 1.54) is 37.9 Å². The van der Waals surface area contributed by atoms with Gasteiger partial charge in [0.1, 0.15) is 4.99 Å². The second-order valence-electron chi connectivity index (χ2n) is 5.24. The Hall–Kier alpha value is -0.930. The predicted molar refractivity (Wildman–Crippen MR) is 80.6 cm³/mol. The van der Waals surface area contributed by atoms with Crippen LogP contribution in [0.1, 0.15) is 37.3 Å². The van der Waals surface area contributed by atoms with Crippen molar-refractivity contribution in [3.8, 4) is 0 Å². The van der Waals surface area contributed by atoms with Crippen LogP contribution in [0.2, 0.25) is 0 Å². The maximum absolute atomic E-state index is 5.68. The number of nitrogens with zero attached hydrogens (tertiary/aromatic N) is 1. The molecule has 0 heterocycles. The van der Waals surface area contributed by atoms with Gasteiger partial charge >= 0.3 is 0 Å². The van der Waals surface area contributed by atoms with Crippen LogP contribution in [0.5, 0.6) is 0 Å². The molecule has 0 unspecified atom stereocenters. The fourth-order valence-corrected chi connectivity index (χ4v) is 2.42. The molecule has 1 fully saturated rings. The summed E-state index contributed by atoms with van der Waals surface area (Å²) in [6.07, 6.45) is 4.03. The van der Waals surface area contributed by atoms with Gasteiger partial charge in [0.2, 0.25) is 0 Å². The Morgan fingerprint density at radius 2 is 2.22 bits per heavy atom. The molecule has 3 heteroatoms. The molecule has 1 aromatic carbocycles. The second kappa shape index (κ2) is 6.30. The minimum Gasteiger partial charge on any atom is -0.389 e. The summed E-state index contributed by atoms with van der Waals surface area (Å²) in [4.78, 5) is 3.04. The third-order valence-electron chi connectivity index (χ3n) is 3.37. The zero-order valence-corrected chi connectivity index (χ0v) is 11.9. The van der Waals surface area contributed by atoms with E-state index in [0.29, 0.717) is 4.99 Å². The van der Waals surface area contributed by atoms with Gasteiger partial charge in [-0.25, -0.2) is 0 Å². The minimum absolute atomic E-state index is 0.487. The quantitative estimate of drug-likeness (QED) is 0.766. The van der Waals surface area contributed by atoms with Crippen LogP contribution in [0.4, 0.5) is 0 Å². The van der Waals surface area contributed by atoms with Crippen LogP contribution in [0.3, 0.4) is 0 Å². The van der Waals surface area contributed by atoms with E-state index in [1.807, 2.05) is 12.1 Å². The first-order chi connectivity index (χ1) is 8.69. The van der Waals surface area contributed by atoms with Crippen molar-refractivity contribution < 1.29 is 0 Å². The fourth-order valence-electron chi connectivity index (χ4n) is 2.30. The molecule has 1 aliphatic rings. The summed E-state index contributed by atoms with van der Waals surface area (Å²) in [5.41, 5.74) is 7.97. The van der Waals surface area contributed by atoms with Crippen molar-refractivity contribution in [2.24, 2.45) is 11.7 Å². The number of nitrogens with two attached hydrogens (primary N) is 1. The van der Waals surface area contributed by atoms with E-state index in [-0.39, 0.29) is 0 Å². The smallest absolute Gasteiger partial charge is 0.103 e. The topological polar surface area (TPSA) is 29.3 Å². The molecule has 0 spiro atoms. The third-order valence-corrected chi connectivity index (χ3v) is 3.61. The predicted octanol–water partition coefficient (Wildman–Crippen LogP) is 2.94. The molecule has 0 aromatic heterocycles. The van der Waals surface area contributed by atoms with Crippen LogP contribution in [0, 0.1) is 5.92 Å².